The van der Waals surface area contributed by atoms with E-state index in [1.54, 1.807) is 12.1 Å². The van der Waals surface area contributed by atoms with Gasteiger partial charge in [-0.05, 0) is 49.4 Å². The molecule has 1 atom stereocenters. The molecular formula is C22H34N8O. The van der Waals surface area contributed by atoms with Gasteiger partial charge in [0.25, 0.3) is 0 Å². The van der Waals surface area contributed by atoms with E-state index < -0.39 is 5.91 Å². The Morgan fingerprint density at radius 1 is 1.26 bits per heavy atom. The highest BCUT2D eigenvalue weighted by molar-refractivity contribution is 5.94. The number of nitrogens with two attached hydrogens (primary N) is 1. The lowest BCUT2D eigenvalue weighted by Gasteiger charge is -2.27. The standard InChI is InChI=1S/C22H34N8O/c1-14-8-9-15(18(23)31)11-17(14)26-20-27-19(25-12-16-7-6-10-24-16)28-21(29-20)30(5)13-22(2,3)4/h8-9,11,16,24H,6-7,10,12-13H2,1-5H3,(H2,23,31)(H2,25,26,27,28,29)/t16-/m1/s1. The number of carbonyl (C=O) groups is 1. The van der Waals surface area contributed by atoms with Gasteiger partial charge < -0.3 is 26.6 Å². The quantitative estimate of drug-likeness (QED) is 0.508. The molecule has 1 fully saturated rings. The number of amides is 1. The predicted molar refractivity (Wildman–Crippen MR) is 125 cm³/mol. The van der Waals surface area contributed by atoms with Crippen LogP contribution in [0.15, 0.2) is 18.2 Å². The molecule has 2 aromatic rings. The van der Waals surface area contributed by atoms with Crippen molar-refractivity contribution in [3.63, 3.8) is 0 Å². The zero-order valence-electron chi connectivity index (χ0n) is 19.1. The van der Waals surface area contributed by atoms with Crippen LogP contribution in [0, 0.1) is 12.3 Å². The smallest absolute Gasteiger partial charge is 0.248 e. The first-order valence-electron chi connectivity index (χ1n) is 10.7. The van der Waals surface area contributed by atoms with Crippen molar-refractivity contribution in [3.05, 3.63) is 29.3 Å². The molecule has 1 amide bonds. The SMILES string of the molecule is Cc1ccc(C(N)=O)cc1Nc1nc(NC[C@H]2CCCN2)nc(N(C)CC(C)(C)C)n1. The number of benzene rings is 1. The molecule has 1 aromatic carbocycles. The molecule has 2 heterocycles. The maximum atomic E-state index is 11.6. The molecule has 0 aliphatic carbocycles. The largest absolute Gasteiger partial charge is 0.366 e. The Labute approximate surface area is 184 Å². The molecule has 0 saturated carbocycles. The number of anilines is 4. The van der Waals surface area contributed by atoms with E-state index >= 15 is 0 Å². The number of hydrogen-bond donors (Lipinski definition) is 4. The third kappa shape index (κ3) is 6.52. The summed E-state index contributed by atoms with van der Waals surface area (Å²) in [4.78, 5) is 27.5. The summed E-state index contributed by atoms with van der Waals surface area (Å²) in [7, 11) is 1.98. The number of aryl methyl sites for hydroxylation is 1. The van der Waals surface area contributed by atoms with Crippen LogP contribution in [0.25, 0.3) is 0 Å². The number of nitrogens with zero attached hydrogens (tertiary/aromatic N) is 4. The first-order chi connectivity index (χ1) is 14.6. The fourth-order valence-electron chi connectivity index (χ4n) is 3.63. The molecule has 0 unspecified atom stereocenters. The molecule has 168 valence electrons. The minimum atomic E-state index is -0.476. The lowest BCUT2D eigenvalue weighted by molar-refractivity contribution is 0.100. The molecule has 1 saturated heterocycles. The summed E-state index contributed by atoms with van der Waals surface area (Å²) in [6.07, 6.45) is 2.32. The highest BCUT2D eigenvalue weighted by atomic mass is 16.1. The summed E-state index contributed by atoms with van der Waals surface area (Å²) in [5.41, 5.74) is 7.65. The van der Waals surface area contributed by atoms with Crippen molar-refractivity contribution >= 4 is 29.4 Å². The first kappa shape index (κ1) is 22.7. The molecule has 5 N–H and O–H groups in total. The van der Waals surface area contributed by atoms with Gasteiger partial charge in [-0.25, -0.2) is 0 Å². The monoisotopic (exact) mass is 426 g/mol. The van der Waals surface area contributed by atoms with Crippen molar-refractivity contribution in [2.45, 2.75) is 46.6 Å². The van der Waals surface area contributed by atoms with Gasteiger partial charge in [0.1, 0.15) is 0 Å². The molecule has 1 aliphatic heterocycles. The van der Waals surface area contributed by atoms with Crippen molar-refractivity contribution in [1.82, 2.24) is 20.3 Å². The Kier molecular flexibility index (Phi) is 6.94. The van der Waals surface area contributed by atoms with E-state index in [0.29, 0.717) is 29.5 Å². The van der Waals surface area contributed by atoms with E-state index in [1.165, 1.54) is 6.42 Å². The Morgan fingerprint density at radius 3 is 2.65 bits per heavy atom. The first-order valence-corrected chi connectivity index (χ1v) is 10.7. The van der Waals surface area contributed by atoms with Gasteiger partial charge in [-0.3, -0.25) is 4.79 Å². The van der Waals surface area contributed by atoms with Crippen LogP contribution >= 0.6 is 0 Å². The molecular weight excluding hydrogens is 392 g/mol. The van der Waals surface area contributed by atoms with Gasteiger partial charge >= 0.3 is 0 Å². The van der Waals surface area contributed by atoms with Gasteiger partial charge in [0.05, 0.1) is 0 Å². The number of hydrogen-bond acceptors (Lipinski definition) is 8. The van der Waals surface area contributed by atoms with Crippen molar-refractivity contribution in [2.75, 3.05) is 42.2 Å². The van der Waals surface area contributed by atoms with E-state index in [2.05, 4.69) is 51.7 Å². The fraction of sp³-hybridized carbons (Fsp3) is 0.545. The van der Waals surface area contributed by atoms with E-state index in [9.17, 15) is 4.79 Å². The fourth-order valence-corrected chi connectivity index (χ4v) is 3.63. The molecule has 3 rings (SSSR count). The molecule has 31 heavy (non-hydrogen) atoms. The number of rotatable bonds is 8. The van der Waals surface area contributed by atoms with Gasteiger partial charge in [-0.15, -0.1) is 0 Å². The van der Waals surface area contributed by atoms with E-state index in [1.807, 2.05) is 24.9 Å². The van der Waals surface area contributed by atoms with Crippen molar-refractivity contribution in [3.8, 4) is 0 Å². The Morgan fingerprint density at radius 2 is 2.00 bits per heavy atom. The summed E-state index contributed by atoms with van der Waals surface area (Å²) >= 11 is 0. The minimum Gasteiger partial charge on any atom is -0.366 e. The number of aromatic nitrogens is 3. The highest BCUT2D eigenvalue weighted by Gasteiger charge is 2.19. The normalized spacial score (nSPS) is 16.2. The Bertz CT molecular complexity index is 918. The second kappa shape index (κ2) is 9.47. The topological polar surface area (TPSA) is 121 Å². The number of carbonyl (C=O) groups excluding carboxylic acids is 1. The third-order valence-corrected chi connectivity index (χ3v) is 5.11. The van der Waals surface area contributed by atoms with Crippen molar-refractivity contribution in [1.29, 1.82) is 0 Å². The van der Waals surface area contributed by atoms with Crippen LogP contribution in [0.5, 0.6) is 0 Å². The van der Waals surface area contributed by atoms with Crippen LogP contribution in [0.4, 0.5) is 23.5 Å². The molecule has 1 aromatic heterocycles. The van der Waals surface area contributed by atoms with Gasteiger partial charge in [0, 0.05) is 37.4 Å². The lowest BCUT2D eigenvalue weighted by Crippen LogP contribution is -2.32. The zero-order chi connectivity index (χ0) is 22.6. The summed E-state index contributed by atoms with van der Waals surface area (Å²) in [6, 6.07) is 5.69. The average Bonchev–Trinajstić information content (AvgIpc) is 3.20. The van der Waals surface area contributed by atoms with Gasteiger partial charge in [-0.2, -0.15) is 15.0 Å². The maximum Gasteiger partial charge on any atom is 0.248 e. The highest BCUT2D eigenvalue weighted by Crippen LogP contribution is 2.23. The summed E-state index contributed by atoms with van der Waals surface area (Å²) in [5, 5.41) is 10.1. The second-order valence-electron chi connectivity index (χ2n) is 9.39. The van der Waals surface area contributed by atoms with Crippen LogP contribution in [0.2, 0.25) is 0 Å². The number of nitrogens with one attached hydrogen (secondary N) is 3. The van der Waals surface area contributed by atoms with E-state index in [0.717, 1.165) is 37.3 Å². The Hall–Kier alpha value is -2.94. The Balaban J connectivity index is 1.88. The van der Waals surface area contributed by atoms with Crippen LogP contribution in [-0.2, 0) is 0 Å². The van der Waals surface area contributed by atoms with Gasteiger partial charge in [-0.1, -0.05) is 26.8 Å². The van der Waals surface area contributed by atoms with E-state index in [4.69, 9.17) is 5.73 Å². The summed E-state index contributed by atoms with van der Waals surface area (Å²) in [6.45, 7) is 11.1. The zero-order valence-corrected chi connectivity index (χ0v) is 19.1. The van der Waals surface area contributed by atoms with Crippen LogP contribution in [0.1, 0.15) is 49.5 Å². The predicted octanol–water partition coefficient (Wildman–Crippen LogP) is 2.67. The van der Waals surface area contributed by atoms with Crippen molar-refractivity contribution < 1.29 is 4.79 Å². The van der Waals surface area contributed by atoms with Gasteiger partial charge in [0.2, 0.25) is 23.8 Å². The second-order valence-corrected chi connectivity index (χ2v) is 9.39. The molecule has 1 aliphatic rings. The summed E-state index contributed by atoms with van der Waals surface area (Å²) in [5.74, 6) is 1.04. The molecule has 9 nitrogen and oxygen atoms in total. The summed E-state index contributed by atoms with van der Waals surface area (Å²) < 4.78 is 0. The molecule has 0 spiro atoms. The molecule has 9 heteroatoms. The minimum absolute atomic E-state index is 0.0860. The van der Waals surface area contributed by atoms with Crippen LogP contribution in [0.3, 0.4) is 0 Å². The third-order valence-electron chi connectivity index (χ3n) is 5.11. The number of primary amides is 1. The lowest BCUT2D eigenvalue weighted by atomic mass is 9.96. The average molecular weight is 427 g/mol. The molecule has 0 radical (unpaired) electrons. The maximum absolute atomic E-state index is 11.6. The van der Waals surface area contributed by atoms with Crippen LogP contribution < -0.4 is 26.6 Å². The molecule has 0 bridgehead atoms. The van der Waals surface area contributed by atoms with Crippen LogP contribution in [-0.4, -0.2) is 53.6 Å². The van der Waals surface area contributed by atoms with Gasteiger partial charge in [0.15, 0.2) is 0 Å². The van der Waals surface area contributed by atoms with E-state index in [-0.39, 0.29) is 5.41 Å². The van der Waals surface area contributed by atoms with Crippen molar-refractivity contribution in [2.24, 2.45) is 11.1 Å².